The van der Waals surface area contributed by atoms with Crippen molar-refractivity contribution in [1.29, 1.82) is 5.26 Å². The number of rotatable bonds is 2. The van der Waals surface area contributed by atoms with Crippen LogP contribution in [0.25, 0.3) is 0 Å². The Balaban J connectivity index is 2.39. The molecule has 1 aromatic carbocycles. The molecule has 0 spiro atoms. The van der Waals surface area contributed by atoms with Crippen LogP contribution in [-0.4, -0.2) is 9.97 Å². The van der Waals surface area contributed by atoms with Gasteiger partial charge in [-0.25, -0.2) is 4.98 Å². The minimum Gasteiger partial charge on any atom is -0.339 e. The summed E-state index contributed by atoms with van der Waals surface area (Å²) in [6, 6.07) is 7.50. The zero-order valence-corrected chi connectivity index (χ0v) is 11.7. The number of nitriles is 1. The third kappa shape index (κ3) is 2.78. The van der Waals surface area contributed by atoms with Crippen molar-refractivity contribution in [2.75, 3.05) is 5.32 Å². The SMILES string of the molecule is Cc1ccc(C#N)cc1Nc1nc(Cl)ncc1Br. The van der Waals surface area contributed by atoms with Crippen molar-refractivity contribution in [2.24, 2.45) is 0 Å². The summed E-state index contributed by atoms with van der Waals surface area (Å²) < 4.78 is 0.702. The predicted molar refractivity (Wildman–Crippen MR) is 73.9 cm³/mol. The molecule has 6 heteroatoms. The Morgan fingerprint density at radius 3 is 2.94 bits per heavy atom. The number of aromatic nitrogens is 2. The number of halogens is 2. The fraction of sp³-hybridized carbons (Fsp3) is 0.0833. The lowest BCUT2D eigenvalue weighted by atomic mass is 10.1. The van der Waals surface area contributed by atoms with E-state index in [1.165, 1.54) is 0 Å². The summed E-state index contributed by atoms with van der Waals surface area (Å²) in [6.07, 6.45) is 1.57. The van der Waals surface area contributed by atoms with Crippen molar-refractivity contribution in [3.8, 4) is 6.07 Å². The number of benzene rings is 1. The fourth-order valence-corrected chi connectivity index (χ4v) is 1.81. The Bertz CT molecular complexity index is 636. The van der Waals surface area contributed by atoms with Crippen LogP contribution in [-0.2, 0) is 0 Å². The molecule has 2 rings (SSSR count). The largest absolute Gasteiger partial charge is 0.339 e. The van der Waals surface area contributed by atoms with Crippen molar-refractivity contribution >= 4 is 39.0 Å². The second kappa shape index (κ2) is 5.34. The lowest BCUT2D eigenvalue weighted by molar-refractivity contribution is 1.15. The van der Waals surface area contributed by atoms with Crippen molar-refractivity contribution in [3.05, 3.63) is 45.3 Å². The summed E-state index contributed by atoms with van der Waals surface area (Å²) >= 11 is 9.08. The molecular formula is C12H8BrClN4. The molecule has 1 N–H and O–H groups in total. The maximum atomic E-state index is 8.88. The molecule has 4 nitrogen and oxygen atoms in total. The lowest BCUT2D eigenvalue weighted by Crippen LogP contribution is -1.98. The van der Waals surface area contributed by atoms with Crippen LogP contribution >= 0.6 is 27.5 Å². The van der Waals surface area contributed by atoms with Gasteiger partial charge in [-0.3, -0.25) is 0 Å². The van der Waals surface area contributed by atoms with E-state index in [0.29, 0.717) is 15.9 Å². The molecule has 0 bridgehead atoms. The van der Waals surface area contributed by atoms with Crippen LogP contribution in [0, 0.1) is 18.3 Å². The molecule has 0 saturated heterocycles. The number of aryl methyl sites for hydroxylation is 1. The van der Waals surface area contributed by atoms with E-state index in [1.807, 2.05) is 13.0 Å². The maximum absolute atomic E-state index is 8.88. The number of nitrogens with one attached hydrogen (secondary N) is 1. The van der Waals surface area contributed by atoms with Gasteiger partial charge < -0.3 is 5.32 Å². The number of nitrogens with zero attached hydrogens (tertiary/aromatic N) is 3. The summed E-state index contributed by atoms with van der Waals surface area (Å²) in [5.74, 6) is 0.563. The van der Waals surface area contributed by atoms with Gasteiger partial charge in [0, 0.05) is 11.9 Å². The highest BCUT2D eigenvalue weighted by Gasteiger charge is 2.06. The van der Waals surface area contributed by atoms with E-state index in [0.717, 1.165) is 11.3 Å². The predicted octanol–water partition coefficient (Wildman–Crippen LogP) is 3.82. The molecule has 0 aliphatic carbocycles. The van der Waals surface area contributed by atoms with E-state index in [2.05, 4.69) is 37.3 Å². The van der Waals surface area contributed by atoms with Crippen LogP contribution < -0.4 is 5.32 Å². The van der Waals surface area contributed by atoms with Crippen LogP contribution in [0.3, 0.4) is 0 Å². The molecular weight excluding hydrogens is 316 g/mol. The molecule has 0 aliphatic heterocycles. The van der Waals surface area contributed by atoms with Gasteiger partial charge in [-0.15, -0.1) is 0 Å². The summed E-state index contributed by atoms with van der Waals surface area (Å²) in [6.45, 7) is 1.94. The van der Waals surface area contributed by atoms with Gasteiger partial charge in [0.25, 0.3) is 0 Å². The standard InChI is InChI=1S/C12H8BrClN4/c1-7-2-3-8(5-15)4-10(7)17-11-9(13)6-16-12(14)18-11/h2-4,6H,1H3,(H,16,17,18). The van der Waals surface area contributed by atoms with E-state index in [1.54, 1.807) is 18.3 Å². The van der Waals surface area contributed by atoms with Crippen molar-refractivity contribution < 1.29 is 0 Å². The second-order valence-electron chi connectivity index (χ2n) is 3.60. The van der Waals surface area contributed by atoms with Gasteiger partial charge in [0.05, 0.1) is 16.1 Å². The molecule has 0 unspecified atom stereocenters. The second-order valence-corrected chi connectivity index (χ2v) is 4.79. The lowest BCUT2D eigenvalue weighted by Gasteiger charge is -2.10. The van der Waals surface area contributed by atoms with E-state index < -0.39 is 0 Å². The molecule has 0 aliphatic rings. The van der Waals surface area contributed by atoms with E-state index in [9.17, 15) is 0 Å². The first-order valence-electron chi connectivity index (χ1n) is 5.06. The summed E-state index contributed by atoms with van der Waals surface area (Å²) in [5, 5.41) is 12.2. The van der Waals surface area contributed by atoms with Gasteiger partial charge in [-0.2, -0.15) is 10.2 Å². The third-order valence-corrected chi connectivity index (χ3v) is 3.10. The van der Waals surface area contributed by atoms with Crippen LogP contribution in [0.15, 0.2) is 28.9 Å². The monoisotopic (exact) mass is 322 g/mol. The fourth-order valence-electron chi connectivity index (χ4n) is 1.39. The highest BCUT2D eigenvalue weighted by molar-refractivity contribution is 9.10. The molecule has 18 heavy (non-hydrogen) atoms. The highest BCUT2D eigenvalue weighted by Crippen LogP contribution is 2.26. The molecule has 1 heterocycles. The summed E-state index contributed by atoms with van der Waals surface area (Å²) in [7, 11) is 0. The molecule has 0 saturated carbocycles. The molecule has 0 radical (unpaired) electrons. The van der Waals surface area contributed by atoms with Crippen molar-refractivity contribution in [2.45, 2.75) is 6.92 Å². The molecule has 90 valence electrons. The maximum Gasteiger partial charge on any atom is 0.224 e. The summed E-state index contributed by atoms with van der Waals surface area (Å²) in [4.78, 5) is 7.93. The van der Waals surface area contributed by atoms with Crippen molar-refractivity contribution in [1.82, 2.24) is 9.97 Å². The molecule has 0 atom stereocenters. The van der Waals surface area contributed by atoms with Crippen LogP contribution in [0.5, 0.6) is 0 Å². The van der Waals surface area contributed by atoms with E-state index in [4.69, 9.17) is 16.9 Å². The van der Waals surface area contributed by atoms with Crippen LogP contribution in [0.1, 0.15) is 11.1 Å². The van der Waals surface area contributed by atoms with Crippen LogP contribution in [0.4, 0.5) is 11.5 Å². The average molecular weight is 324 g/mol. The van der Waals surface area contributed by atoms with Crippen molar-refractivity contribution in [3.63, 3.8) is 0 Å². The highest BCUT2D eigenvalue weighted by atomic mass is 79.9. The zero-order chi connectivity index (χ0) is 13.1. The number of anilines is 2. The minimum absolute atomic E-state index is 0.162. The molecule has 1 aromatic heterocycles. The molecule has 2 aromatic rings. The average Bonchev–Trinajstić information content (AvgIpc) is 2.36. The van der Waals surface area contributed by atoms with Gasteiger partial charge in [0.2, 0.25) is 5.28 Å². The molecule has 0 fully saturated rings. The topological polar surface area (TPSA) is 61.6 Å². The Hall–Kier alpha value is -1.64. The number of hydrogen-bond acceptors (Lipinski definition) is 4. The first kappa shape index (κ1) is 12.8. The minimum atomic E-state index is 0.162. The van der Waals surface area contributed by atoms with Gasteiger partial charge in [0.15, 0.2) is 0 Å². The summed E-state index contributed by atoms with van der Waals surface area (Å²) in [5.41, 5.74) is 2.40. The number of hydrogen-bond donors (Lipinski definition) is 1. The Labute approximate surface area is 118 Å². The van der Waals surface area contributed by atoms with Gasteiger partial charge in [-0.1, -0.05) is 6.07 Å². The Kier molecular flexibility index (Phi) is 3.80. The first-order valence-corrected chi connectivity index (χ1v) is 6.23. The first-order chi connectivity index (χ1) is 8.60. The normalized spacial score (nSPS) is 9.89. The third-order valence-electron chi connectivity index (χ3n) is 2.33. The smallest absolute Gasteiger partial charge is 0.224 e. The van der Waals surface area contributed by atoms with E-state index in [-0.39, 0.29) is 5.28 Å². The molecule has 0 amide bonds. The Morgan fingerprint density at radius 1 is 1.44 bits per heavy atom. The van der Waals surface area contributed by atoms with Gasteiger partial charge in [-0.05, 0) is 52.2 Å². The van der Waals surface area contributed by atoms with Gasteiger partial charge >= 0.3 is 0 Å². The van der Waals surface area contributed by atoms with E-state index >= 15 is 0 Å². The Morgan fingerprint density at radius 2 is 2.22 bits per heavy atom. The quantitative estimate of drug-likeness (QED) is 0.854. The zero-order valence-electron chi connectivity index (χ0n) is 9.41. The van der Waals surface area contributed by atoms with Gasteiger partial charge in [0.1, 0.15) is 5.82 Å². The van der Waals surface area contributed by atoms with Crippen LogP contribution in [0.2, 0.25) is 5.28 Å².